The van der Waals surface area contributed by atoms with Gasteiger partial charge in [-0.15, -0.1) is 0 Å². The molecule has 1 aromatic heterocycles. The van der Waals surface area contributed by atoms with Gasteiger partial charge in [0.25, 0.3) is 5.69 Å². The second-order valence-electron chi connectivity index (χ2n) is 7.02. The van der Waals surface area contributed by atoms with Crippen LogP contribution in [-0.2, 0) is 6.61 Å². The molecule has 1 N–H and O–H groups in total. The van der Waals surface area contributed by atoms with Crippen LogP contribution in [0.25, 0.3) is 11.0 Å². The molecular formula is C23H14BrClFN3O5. The van der Waals surface area contributed by atoms with Gasteiger partial charge in [-0.05, 0) is 63.5 Å². The van der Waals surface area contributed by atoms with E-state index in [-0.39, 0.29) is 28.9 Å². The van der Waals surface area contributed by atoms with Crippen LogP contribution in [0.3, 0.4) is 0 Å². The van der Waals surface area contributed by atoms with Crippen LogP contribution in [0.2, 0.25) is 5.02 Å². The van der Waals surface area contributed by atoms with Crippen molar-refractivity contribution < 1.29 is 23.3 Å². The normalized spacial score (nSPS) is 11.1. The molecular weight excluding hydrogens is 533 g/mol. The quantitative estimate of drug-likeness (QED) is 0.168. The van der Waals surface area contributed by atoms with Crippen LogP contribution >= 0.6 is 27.5 Å². The van der Waals surface area contributed by atoms with Crippen molar-refractivity contribution in [2.45, 2.75) is 6.61 Å². The molecule has 0 radical (unpaired) electrons. The maximum Gasteiger partial charge on any atom is 0.307 e. The number of ether oxygens (including phenoxy) is 1. The molecule has 4 rings (SSSR count). The van der Waals surface area contributed by atoms with Crippen LogP contribution in [0.4, 0.5) is 10.1 Å². The topological polar surface area (TPSA) is 107 Å². The molecule has 4 aromatic rings. The lowest BCUT2D eigenvalue weighted by Crippen LogP contribution is -2.16. The molecule has 0 unspecified atom stereocenters. The average Bonchev–Trinajstić information content (AvgIpc) is 3.22. The Balaban J connectivity index is 1.41. The van der Waals surface area contributed by atoms with Crippen LogP contribution in [0.1, 0.15) is 21.7 Å². The van der Waals surface area contributed by atoms with Crippen LogP contribution < -0.4 is 10.2 Å². The molecule has 1 heterocycles. The Bertz CT molecular complexity index is 1420. The molecule has 11 heteroatoms. The summed E-state index contributed by atoms with van der Waals surface area (Å²) >= 11 is 9.69. The first kappa shape index (κ1) is 23.4. The van der Waals surface area contributed by atoms with E-state index in [4.69, 9.17) is 20.8 Å². The number of hydrogen-bond donors (Lipinski definition) is 1. The van der Waals surface area contributed by atoms with E-state index in [1.54, 1.807) is 24.3 Å². The first-order valence-corrected chi connectivity index (χ1v) is 10.8. The van der Waals surface area contributed by atoms with Crippen LogP contribution in [0, 0.1) is 15.9 Å². The Labute approximate surface area is 205 Å². The number of hydrazone groups is 1. The molecule has 0 saturated heterocycles. The smallest absolute Gasteiger partial charge is 0.307 e. The van der Waals surface area contributed by atoms with Crippen molar-refractivity contribution in [3.05, 3.63) is 103 Å². The summed E-state index contributed by atoms with van der Waals surface area (Å²) in [6.45, 7) is 0.125. The van der Waals surface area contributed by atoms with Crippen LogP contribution in [-0.4, -0.2) is 17.0 Å². The van der Waals surface area contributed by atoms with Gasteiger partial charge in [-0.3, -0.25) is 14.9 Å². The predicted octanol–water partition coefficient (Wildman–Crippen LogP) is 6.24. The zero-order chi connectivity index (χ0) is 24.2. The molecule has 8 nitrogen and oxygen atoms in total. The Hall–Kier alpha value is -3.76. The number of furan rings is 1. The summed E-state index contributed by atoms with van der Waals surface area (Å²) in [5.74, 6) is -0.657. The SMILES string of the molecule is O=C(N/N=C/c1cc(Cl)c(OCc2cccc(F)c2)c(Br)c1)c1cc2cc([N+](=O)[O-])ccc2o1. The number of nitrogens with one attached hydrogen (secondary N) is 1. The van der Waals surface area contributed by atoms with Gasteiger partial charge in [0.1, 0.15) is 18.0 Å². The van der Waals surface area contributed by atoms with Gasteiger partial charge in [0.15, 0.2) is 11.5 Å². The van der Waals surface area contributed by atoms with Crippen molar-refractivity contribution in [2.75, 3.05) is 0 Å². The number of non-ortho nitro benzene ring substituents is 1. The van der Waals surface area contributed by atoms with Gasteiger partial charge in [-0.2, -0.15) is 5.10 Å². The Morgan fingerprint density at radius 3 is 2.79 bits per heavy atom. The first-order valence-electron chi connectivity index (χ1n) is 9.68. The number of hydrogen-bond acceptors (Lipinski definition) is 6. The van der Waals surface area contributed by atoms with Crippen molar-refractivity contribution in [1.29, 1.82) is 0 Å². The molecule has 0 atom stereocenters. The number of carbonyl (C=O) groups excluding carboxylic acids is 1. The van der Waals surface area contributed by atoms with Gasteiger partial charge in [0, 0.05) is 17.5 Å². The van der Waals surface area contributed by atoms with Crippen molar-refractivity contribution in [1.82, 2.24) is 5.43 Å². The Morgan fingerprint density at radius 1 is 1.24 bits per heavy atom. The minimum absolute atomic E-state index is 0.0482. The third kappa shape index (κ3) is 5.41. The van der Waals surface area contributed by atoms with E-state index in [2.05, 4.69) is 26.5 Å². The lowest BCUT2D eigenvalue weighted by molar-refractivity contribution is -0.384. The third-order valence-corrected chi connectivity index (χ3v) is 5.48. The molecule has 1 amide bonds. The summed E-state index contributed by atoms with van der Waals surface area (Å²) in [4.78, 5) is 22.7. The number of amides is 1. The fraction of sp³-hybridized carbons (Fsp3) is 0.0435. The highest BCUT2D eigenvalue weighted by atomic mass is 79.9. The number of nitro benzene ring substituents is 1. The maximum atomic E-state index is 13.3. The monoisotopic (exact) mass is 545 g/mol. The summed E-state index contributed by atoms with van der Waals surface area (Å²) < 4.78 is 25.0. The number of halogens is 3. The Morgan fingerprint density at radius 2 is 2.06 bits per heavy atom. The lowest BCUT2D eigenvalue weighted by Gasteiger charge is -2.11. The minimum Gasteiger partial charge on any atom is -0.486 e. The van der Waals surface area contributed by atoms with Gasteiger partial charge in [0.2, 0.25) is 0 Å². The molecule has 0 saturated carbocycles. The van der Waals surface area contributed by atoms with E-state index in [0.29, 0.717) is 32.3 Å². The highest BCUT2D eigenvalue weighted by Crippen LogP contribution is 2.34. The van der Waals surface area contributed by atoms with Gasteiger partial charge in [-0.1, -0.05) is 23.7 Å². The number of nitro groups is 1. The highest BCUT2D eigenvalue weighted by molar-refractivity contribution is 9.10. The molecule has 0 spiro atoms. The summed E-state index contributed by atoms with van der Waals surface area (Å²) in [6.07, 6.45) is 1.37. The first-order chi connectivity index (χ1) is 16.3. The summed E-state index contributed by atoms with van der Waals surface area (Å²) in [7, 11) is 0. The number of nitrogens with zero attached hydrogens (tertiary/aromatic N) is 2. The van der Waals surface area contributed by atoms with E-state index in [1.165, 1.54) is 42.6 Å². The molecule has 0 fully saturated rings. The highest BCUT2D eigenvalue weighted by Gasteiger charge is 2.15. The molecule has 172 valence electrons. The lowest BCUT2D eigenvalue weighted by atomic mass is 10.2. The van der Waals surface area contributed by atoms with E-state index >= 15 is 0 Å². The van der Waals surface area contributed by atoms with Crippen LogP contribution in [0.15, 0.2) is 74.7 Å². The van der Waals surface area contributed by atoms with Gasteiger partial charge < -0.3 is 9.15 Å². The molecule has 3 aromatic carbocycles. The van der Waals surface area contributed by atoms with Crippen molar-refractivity contribution in [3.63, 3.8) is 0 Å². The Kier molecular flexibility index (Phi) is 6.90. The van der Waals surface area contributed by atoms with E-state index in [9.17, 15) is 19.3 Å². The van der Waals surface area contributed by atoms with Gasteiger partial charge in [-0.25, -0.2) is 9.82 Å². The number of rotatable bonds is 7. The number of carbonyl (C=O) groups is 1. The molecule has 0 bridgehead atoms. The second-order valence-corrected chi connectivity index (χ2v) is 8.28. The second kappa shape index (κ2) is 10.0. The summed E-state index contributed by atoms with van der Waals surface area (Å²) in [6, 6.07) is 14.7. The zero-order valence-electron chi connectivity index (χ0n) is 17.1. The fourth-order valence-corrected chi connectivity index (χ4v) is 4.04. The number of fused-ring (bicyclic) bond motifs is 1. The average molecular weight is 547 g/mol. The third-order valence-electron chi connectivity index (χ3n) is 4.61. The van der Waals surface area contributed by atoms with Crippen molar-refractivity contribution in [2.24, 2.45) is 5.10 Å². The predicted molar refractivity (Wildman–Crippen MR) is 128 cm³/mol. The number of benzene rings is 3. The summed E-state index contributed by atoms with van der Waals surface area (Å²) in [5.41, 5.74) is 3.77. The summed E-state index contributed by atoms with van der Waals surface area (Å²) in [5, 5.41) is 15.5. The molecule has 0 aliphatic carbocycles. The molecule has 0 aliphatic heterocycles. The maximum absolute atomic E-state index is 13.3. The zero-order valence-corrected chi connectivity index (χ0v) is 19.5. The van der Waals surface area contributed by atoms with Crippen molar-refractivity contribution >= 4 is 56.3 Å². The van der Waals surface area contributed by atoms with Gasteiger partial charge in [0.05, 0.1) is 20.6 Å². The van der Waals surface area contributed by atoms with Crippen LogP contribution in [0.5, 0.6) is 5.75 Å². The largest absolute Gasteiger partial charge is 0.486 e. The van der Waals surface area contributed by atoms with E-state index < -0.39 is 10.8 Å². The molecule has 0 aliphatic rings. The molecule has 34 heavy (non-hydrogen) atoms. The van der Waals surface area contributed by atoms with E-state index in [0.717, 1.165) is 0 Å². The van der Waals surface area contributed by atoms with Gasteiger partial charge >= 0.3 is 5.91 Å². The van der Waals surface area contributed by atoms with Crippen molar-refractivity contribution in [3.8, 4) is 5.75 Å². The minimum atomic E-state index is -0.629. The standard InChI is InChI=1S/C23H14BrClFN3O5/c24-18-7-14(8-19(25)22(18)33-12-13-2-1-3-16(26)6-13)11-27-28-23(30)21-10-15-9-17(29(31)32)4-5-20(15)34-21/h1-11H,12H2,(H,28,30)/b27-11+. The fourth-order valence-electron chi connectivity index (χ4n) is 3.05. The van der Waals surface area contributed by atoms with E-state index in [1.807, 2.05) is 0 Å².